The molecule has 0 fully saturated rings. The van der Waals surface area contributed by atoms with Crippen LogP contribution in [0.25, 0.3) is 0 Å². The molecule has 0 saturated heterocycles. The zero-order chi connectivity index (χ0) is 12.8. The lowest BCUT2D eigenvalue weighted by atomic mass is 10.2. The first-order valence-electron chi connectivity index (χ1n) is 5.53. The van der Waals surface area contributed by atoms with Crippen LogP contribution in [0.15, 0.2) is 29.3 Å². The van der Waals surface area contributed by atoms with Crippen molar-refractivity contribution in [1.29, 1.82) is 0 Å². The highest BCUT2D eigenvalue weighted by Crippen LogP contribution is 2.05. The summed E-state index contributed by atoms with van der Waals surface area (Å²) in [6.07, 6.45) is 0. The molecule has 1 aromatic carbocycles. The number of nitrogens with one attached hydrogen (secondary N) is 1. The lowest BCUT2D eigenvalue weighted by molar-refractivity contribution is 0.473. The molecule has 0 amide bonds. The summed E-state index contributed by atoms with van der Waals surface area (Å²) in [4.78, 5) is 6.22. The second-order valence-corrected chi connectivity index (χ2v) is 4.17. The molecule has 1 aromatic rings. The van der Waals surface area contributed by atoms with Gasteiger partial charge in [0, 0.05) is 19.6 Å². The number of benzene rings is 1. The number of halogens is 1. The molecule has 17 heavy (non-hydrogen) atoms. The van der Waals surface area contributed by atoms with E-state index in [1.165, 1.54) is 12.1 Å². The van der Waals surface area contributed by atoms with Gasteiger partial charge in [-0.25, -0.2) is 15.2 Å². The number of guanidine groups is 1. The van der Waals surface area contributed by atoms with Crippen LogP contribution in [0.4, 0.5) is 4.39 Å². The van der Waals surface area contributed by atoms with Gasteiger partial charge in [0.05, 0.1) is 0 Å². The normalized spacial score (nSPS) is 11.8. The van der Waals surface area contributed by atoms with Crippen molar-refractivity contribution in [2.75, 3.05) is 7.05 Å². The van der Waals surface area contributed by atoms with Crippen LogP contribution < -0.4 is 11.3 Å². The van der Waals surface area contributed by atoms with Crippen molar-refractivity contribution in [2.24, 2.45) is 10.8 Å². The Bertz CT molecular complexity index is 373. The Morgan fingerprint density at radius 1 is 1.41 bits per heavy atom. The number of nitrogens with two attached hydrogens (primary N) is 1. The second-order valence-electron chi connectivity index (χ2n) is 4.17. The third-order valence-corrected chi connectivity index (χ3v) is 2.20. The Kier molecular flexibility index (Phi) is 4.90. The SMILES string of the molecule is CC(C)N=C(NN)N(C)Cc1ccc(F)cc1. The first-order valence-corrected chi connectivity index (χ1v) is 5.53. The van der Waals surface area contributed by atoms with Crippen molar-refractivity contribution in [1.82, 2.24) is 10.3 Å². The van der Waals surface area contributed by atoms with E-state index in [0.717, 1.165) is 5.56 Å². The summed E-state index contributed by atoms with van der Waals surface area (Å²) in [7, 11) is 1.88. The van der Waals surface area contributed by atoms with Gasteiger partial charge in [-0.3, -0.25) is 5.43 Å². The smallest absolute Gasteiger partial charge is 0.208 e. The Morgan fingerprint density at radius 3 is 2.47 bits per heavy atom. The van der Waals surface area contributed by atoms with Crippen molar-refractivity contribution >= 4 is 5.96 Å². The van der Waals surface area contributed by atoms with E-state index >= 15 is 0 Å². The summed E-state index contributed by atoms with van der Waals surface area (Å²) >= 11 is 0. The van der Waals surface area contributed by atoms with Crippen LogP contribution in [0.3, 0.4) is 0 Å². The number of rotatable bonds is 3. The average Bonchev–Trinajstić information content (AvgIpc) is 2.28. The maximum atomic E-state index is 12.8. The first kappa shape index (κ1) is 13.4. The van der Waals surface area contributed by atoms with Crippen molar-refractivity contribution in [3.8, 4) is 0 Å². The Labute approximate surface area is 101 Å². The molecule has 0 radical (unpaired) electrons. The lowest BCUT2D eigenvalue weighted by Crippen LogP contribution is -2.42. The topological polar surface area (TPSA) is 53.6 Å². The van der Waals surface area contributed by atoms with E-state index in [9.17, 15) is 4.39 Å². The molecule has 94 valence electrons. The van der Waals surface area contributed by atoms with Gasteiger partial charge in [0.15, 0.2) is 0 Å². The van der Waals surface area contributed by atoms with Crippen LogP contribution in [0.5, 0.6) is 0 Å². The van der Waals surface area contributed by atoms with Crippen LogP contribution >= 0.6 is 0 Å². The number of hydrogen-bond acceptors (Lipinski definition) is 2. The second kappa shape index (κ2) is 6.20. The molecule has 4 nitrogen and oxygen atoms in total. The summed E-state index contributed by atoms with van der Waals surface area (Å²) in [5, 5.41) is 0. The van der Waals surface area contributed by atoms with Gasteiger partial charge in [-0.1, -0.05) is 12.1 Å². The molecule has 0 spiro atoms. The van der Waals surface area contributed by atoms with E-state index in [-0.39, 0.29) is 11.9 Å². The number of aliphatic imine (C=N–C) groups is 1. The Morgan fingerprint density at radius 2 is 2.00 bits per heavy atom. The van der Waals surface area contributed by atoms with Crippen molar-refractivity contribution < 1.29 is 4.39 Å². The van der Waals surface area contributed by atoms with Gasteiger partial charge in [0.1, 0.15) is 5.82 Å². The minimum absolute atomic E-state index is 0.164. The molecule has 1 rings (SSSR count). The largest absolute Gasteiger partial charge is 0.341 e. The molecule has 0 atom stereocenters. The van der Waals surface area contributed by atoms with Gasteiger partial charge in [0.25, 0.3) is 0 Å². The minimum atomic E-state index is -0.232. The van der Waals surface area contributed by atoms with E-state index in [1.54, 1.807) is 12.1 Å². The van der Waals surface area contributed by atoms with Crippen molar-refractivity contribution in [2.45, 2.75) is 26.4 Å². The maximum absolute atomic E-state index is 12.8. The minimum Gasteiger partial charge on any atom is -0.341 e. The molecular weight excluding hydrogens is 219 g/mol. The predicted octanol–water partition coefficient (Wildman–Crippen LogP) is 1.49. The maximum Gasteiger partial charge on any atom is 0.208 e. The van der Waals surface area contributed by atoms with E-state index in [2.05, 4.69) is 10.4 Å². The Hall–Kier alpha value is -1.62. The Balaban J connectivity index is 2.70. The fourth-order valence-corrected chi connectivity index (χ4v) is 1.43. The van der Waals surface area contributed by atoms with Crippen molar-refractivity contribution in [3.63, 3.8) is 0 Å². The molecule has 0 aliphatic carbocycles. The monoisotopic (exact) mass is 238 g/mol. The van der Waals surface area contributed by atoms with Crippen molar-refractivity contribution in [3.05, 3.63) is 35.6 Å². The van der Waals surface area contributed by atoms with E-state index in [0.29, 0.717) is 12.5 Å². The summed E-state index contributed by atoms with van der Waals surface area (Å²) in [5.74, 6) is 5.80. The third kappa shape index (κ3) is 4.40. The summed E-state index contributed by atoms with van der Waals surface area (Å²) in [5.41, 5.74) is 3.57. The average molecular weight is 238 g/mol. The molecule has 0 saturated carbocycles. The molecule has 0 unspecified atom stereocenters. The standard InChI is InChI=1S/C12H19FN4/c1-9(2)15-12(16-14)17(3)8-10-4-6-11(13)7-5-10/h4-7,9H,8,14H2,1-3H3,(H,15,16). The van der Waals surface area contributed by atoms with Gasteiger partial charge in [-0.15, -0.1) is 0 Å². The summed E-state index contributed by atoms with van der Waals surface area (Å²) < 4.78 is 12.8. The van der Waals surface area contributed by atoms with Crippen LogP contribution in [-0.4, -0.2) is 23.9 Å². The van der Waals surface area contributed by atoms with Gasteiger partial charge in [-0.05, 0) is 31.5 Å². The fraction of sp³-hybridized carbons (Fsp3) is 0.417. The van der Waals surface area contributed by atoms with E-state index in [1.807, 2.05) is 25.8 Å². The third-order valence-electron chi connectivity index (χ3n) is 2.20. The highest BCUT2D eigenvalue weighted by Gasteiger charge is 2.06. The van der Waals surface area contributed by atoms with Crippen LogP contribution in [0.1, 0.15) is 19.4 Å². The highest BCUT2D eigenvalue weighted by atomic mass is 19.1. The number of nitrogens with zero attached hydrogens (tertiary/aromatic N) is 2. The van der Waals surface area contributed by atoms with E-state index in [4.69, 9.17) is 5.84 Å². The van der Waals surface area contributed by atoms with Gasteiger partial charge in [0.2, 0.25) is 5.96 Å². The predicted molar refractivity (Wildman–Crippen MR) is 67.8 cm³/mol. The molecular formula is C12H19FN4. The molecule has 0 aliphatic heterocycles. The van der Waals surface area contributed by atoms with Gasteiger partial charge < -0.3 is 4.90 Å². The molecule has 5 heteroatoms. The molecule has 3 N–H and O–H groups in total. The zero-order valence-electron chi connectivity index (χ0n) is 10.4. The molecule has 0 aromatic heterocycles. The molecule has 0 heterocycles. The molecule has 0 bridgehead atoms. The van der Waals surface area contributed by atoms with Crippen LogP contribution in [0.2, 0.25) is 0 Å². The van der Waals surface area contributed by atoms with Gasteiger partial charge in [-0.2, -0.15) is 0 Å². The van der Waals surface area contributed by atoms with Crippen LogP contribution in [0, 0.1) is 5.82 Å². The quantitative estimate of drug-likeness (QED) is 0.363. The highest BCUT2D eigenvalue weighted by molar-refractivity contribution is 5.79. The molecule has 0 aliphatic rings. The van der Waals surface area contributed by atoms with Crippen LogP contribution in [-0.2, 0) is 6.54 Å². The first-order chi connectivity index (χ1) is 8.02. The van der Waals surface area contributed by atoms with E-state index < -0.39 is 0 Å². The summed E-state index contributed by atoms with van der Waals surface area (Å²) in [6, 6.07) is 6.54. The summed E-state index contributed by atoms with van der Waals surface area (Å²) in [6.45, 7) is 4.57. The van der Waals surface area contributed by atoms with Gasteiger partial charge >= 0.3 is 0 Å². The number of hydrogen-bond donors (Lipinski definition) is 2. The number of hydrazine groups is 1. The lowest BCUT2D eigenvalue weighted by Gasteiger charge is -2.21. The zero-order valence-corrected chi connectivity index (χ0v) is 10.4. The fourth-order valence-electron chi connectivity index (χ4n) is 1.43.